The molecule has 1 amide bonds. The molecule has 0 radical (unpaired) electrons. The van der Waals surface area contributed by atoms with Crippen molar-refractivity contribution in [3.8, 4) is 5.69 Å². The highest BCUT2D eigenvalue weighted by Crippen LogP contribution is 2.16. The van der Waals surface area contributed by atoms with E-state index in [9.17, 15) is 4.79 Å². The average molecular weight is 417 g/mol. The van der Waals surface area contributed by atoms with Crippen molar-refractivity contribution < 1.29 is 4.79 Å². The van der Waals surface area contributed by atoms with E-state index >= 15 is 0 Å². The largest absolute Gasteiger partial charge is 0.345 e. The summed E-state index contributed by atoms with van der Waals surface area (Å²) in [5.74, 6) is 0.504. The second-order valence-corrected chi connectivity index (χ2v) is 7.04. The molecule has 0 aliphatic rings. The van der Waals surface area contributed by atoms with Gasteiger partial charge in [0.05, 0.1) is 6.54 Å². The van der Waals surface area contributed by atoms with Gasteiger partial charge in [0.15, 0.2) is 10.6 Å². The van der Waals surface area contributed by atoms with E-state index in [1.165, 1.54) is 0 Å². The molecule has 0 unspecified atom stereocenters. The summed E-state index contributed by atoms with van der Waals surface area (Å²) in [6.45, 7) is 4.28. The van der Waals surface area contributed by atoms with Gasteiger partial charge in [-0.25, -0.2) is 0 Å². The molecule has 7 heteroatoms. The number of amides is 1. The zero-order valence-electron chi connectivity index (χ0n) is 13.8. The van der Waals surface area contributed by atoms with Crippen molar-refractivity contribution in [2.75, 3.05) is 0 Å². The highest BCUT2D eigenvalue weighted by Gasteiger charge is 2.11. The number of rotatable bonds is 4. The molecular formula is C18H17BrN4OS. The van der Waals surface area contributed by atoms with Gasteiger partial charge in [-0.1, -0.05) is 22.0 Å². The first-order valence-corrected chi connectivity index (χ1v) is 8.93. The first-order chi connectivity index (χ1) is 12.0. The Morgan fingerprint density at radius 2 is 1.92 bits per heavy atom. The third-order valence-electron chi connectivity index (χ3n) is 4.00. The molecule has 2 N–H and O–H groups in total. The Kier molecular flexibility index (Phi) is 5.15. The van der Waals surface area contributed by atoms with Gasteiger partial charge in [0.25, 0.3) is 5.91 Å². The van der Waals surface area contributed by atoms with Crippen molar-refractivity contribution in [3.05, 3.63) is 74.2 Å². The molecule has 0 aliphatic carbocycles. The van der Waals surface area contributed by atoms with Crippen molar-refractivity contribution in [2.24, 2.45) is 0 Å². The zero-order valence-corrected chi connectivity index (χ0v) is 16.2. The van der Waals surface area contributed by atoms with E-state index in [-0.39, 0.29) is 12.5 Å². The Morgan fingerprint density at radius 3 is 2.60 bits per heavy atom. The number of H-pyrrole nitrogens is 1. The molecule has 3 rings (SSSR count). The fourth-order valence-corrected chi connectivity index (χ4v) is 2.97. The Balaban J connectivity index is 1.80. The summed E-state index contributed by atoms with van der Waals surface area (Å²) in [6.07, 6.45) is 0. The molecule has 25 heavy (non-hydrogen) atoms. The molecule has 0 saturated carbocycles. The number of aromatic amines is 1. The van der Waals surface area contributed by atoms with Gasteiger partial charge in [-0.05, 0) is 73.6 Å². The predicted molar refractivity (Wildman–Crippen MR) is 104 cm³/mol. The lowest BCUT2D eigenvalue weighted by atomic mass is 10.1. The highest BCUT2D eigenvalue weighted by atomic mass is 79.9. The highest BCUT2D eigenvalue weighted by molar-refractivity contribution is 9.10. The van der Waals surface area contributed by atoms with Crippen LogP contribution in [0.2, 0.25) is 0 Å². The maximum Gasteiger partial charge on any atom is 0.251 e. The predicted octanol–water partition coefficient (Wildman–Crippen LogP) is 4.24. The number of hydrogen-bond donors (Lipinski definition) is 2. The van der Waals surface area contributed by atoms with Crippen LogP contribution >= 0.6 is 28.1 Å². The van der Waals surface area contributed by atoms with Gasteiger partial charge < -0.3 is 5.32 Å². The van der Waals surface area contributed by atoms with Gasteiger partial charge in [-0.3, -0.25) is 14.5 Å². The number of aromatic nitrogens is 3. The molecular weight excluding hydrogens is 400 g/mol. The van der Waals surface area contributed by atoms with Crippen molar-refractivity contribution in [1.29, 1.82) is 0 Å². The molecule has 0 bridgehead atoms. The number of carbonyl (C=O) groups is 1. The van der Waals surface area contributed by atoms with Gasteiger partial charge in [0.2, 0.25) is 0 Å². The Morgan fingerprint density at radius 1 is 1.20 bits per heavy atom. The van der Waals surface area contributed by atoms with Gasteiger partial charge in [-0.2, -0.15) is 5.10 Å². The average Bonchev–Trinajstić information content (AvgIpc) is 2.96. The molecule has 0 fully saturated rings. The smallest absolute Gasteiger partial charge is 0.251 e. The lowest BCUT2D eigenvalue weighted by Gasteiger charge is -2.09. The second-order valence-electron chi connectivity index (χ2n) is 5.74. The third kappa shape index (κ3) is 3.88. The van der Waals surface area contributed by atoms with Crippen molar-refractivity contribution >= 4 is 34.1 Å². The summed E-state index contributed by atoms with van der Waals surface area (Å²) >= 11 is 8.73. The molecule has 0 aliphatic heterocycles. The molecule has 3 aromatic rings. The Hall–Kier alpha value is -2.25. The number of aryl methyl sites for hydroxylation is 2. The number of hydrogen-bond acceptors (Lipinski definition) is 3. The van der Waals surface area contributed by atoms with Crippen LogP contribution in [-0.4, -0.2) is 20.7 Å². The molecule has 0 spiro atoms. The molecule has 0 saturated heterocycles. The van der Waals surface area contributed by atoms with E-state index in [4.69, 9.17) is 12.2 Å². The number of carbonyl (C=O) groups excluding carboxylic acids is 1. The van der Waals surface area contributed by atoms with Crippen molar-refractivity contribution in [2.45, 2.75) is 20.4 Å². The first kappa shape index (κ1) is 17.6. The normalized spacial score (nSPS) is 10.7. The quantitative estimate of drug-likeness (QED) is 0.625. The van der Waals surface area contributed by atoms with Crippen LogP contribution in [0, 0.1) is 18.6 Å². The van der Waals surface area contributed by atoms with Gasteiger partial charge in [0.1, 0.15) is 0 Å². The lowest BCUT2D eigenvalue weighted by Crippen LogP contribution is -2.24. The summed E-state index contributed by atoms with van der Waals surface area (Å²) in [5.41, 5.74) is 3.77. The van der Waals surface area contributed by atoms with E-state index in [0.29, 0.717) is 16.2 Å². The standard InChI is InChI=1S/C18H17BrN4OS/c1-11-3-4-13(9-12(11)2)17(24)20-10-16-21-22-18(25)23(16)15-7-5-14(19)6-8-15/h3-9H,10H2,1-2H3,(H,20,24)(H,22,25). The zero-order chi connectivity index (χ0) is 18.0. The van der Waals surface area contributed by atoms with Crippen LogP contribution in [0.3, 0.4) is 0 Å². The van der Waals surface area contributed by atoms with Crippen LogP contribution in [0.5, 0.6) is 0 Å². The third-order valence-corrected chi connectivity index (χ3v) is 4.81. The summed E-state index contributed by atoms with van der Waals surface area (Å²) in [4.78, 5) is 12.4. The van der Waals surface area contributed by atoms with Crippen LogP contribution in [0.15, 0.2) is 46.9 Å². The summed E-state index contributed by atoms with van der Waals surface area (Å²) in [7, 11) is 0. The van der Waals surface area contributed by atoms with E-state index in [0.717, 1.165) is 21.3 Å². The molecule has 0 atom stereocenters. The van der Waals surface area contributed by atoms with Crippen LogP contribution < -0.4 is 5.32 Å². The first-order valence-electron chi connectivity index (χ1n) is 7.73. The maximum absolute atomic E-state index is 12.4. The summed E-state index contributed by atoms with van der Waals surface area (Å²) in [6, 6.07) is 13.4. The fraction of sp³-hybridized carbons (Fsp3) is 0.167. The molecule has 5 nitrogen and oxygen atoms in total. The molecule has 128 valence electrons. The maximum atomic E-state index is 12.4. The van der Waals surface area contributed by atoms with Crippen molar-refractivity contribution in [3.63, 3.8) is 0 Å². The number of benzene rings is 2. The minimum Gasteiger partial charge on any atom is -0.345 e. The Labute approximate surface area is 159 Å². The van der Waals surface area contributed by atoms with E-state index < -0.39 is 0 Å². The number of halogens is 1. The summed E-state index contributed by atoms with van der Waals surface area (Å²) in [5, 5.41) is 9.91. The number of nitrogens with one attached hydrogen (secondary N) is 2. The van der Waals surface area contributed by atoms with Crippen LogP contribution in [0.1, 0.15) is 27.3 Å². The van der Waals surface area contributed by atoms with Gasteiger partial charge in [-0.15, -0.1) is 0 Å². The molecule has 2 aromatic carbocycles. The van der Waals surface area contributed by atoms with Crippen LogP contribution in [0.4, 0.5) is 0 Å². The van der Waals surface area contributed by atoms with E-state index in [2.05, 4.69) is 31.4 Å². The number of nitrogens with zero attached hydrogens (tertiary/aromatic N) is 2. The van der Waals surface area contributed by atoms with Gasteiger partial charge in [0, 0.05) is 15.7 Å². The second kappa shape index (κ2) is 7.33. The topological polar surface area (TPSA) is 62.7 Å². The lowest BCUT2D eigenvalue weighted by molar-refractivity contribution is 0.0949. The van der Waals surface area contributed by atoms with E-state index in [1.807, 2.05) is 60.9 Å². The Bertz CT molecular complexity index is 975. The van der Waals surface area contributed by atoms with Crippen LogP contribution in [0.25, 0.3) is 5.69 Å². The fourth-order valence-electron chi connectivity index (χ4n) is 2.45. The van der Waals surface area contributed by atoms with Crippen molar-refractivity contribution in [1.82, 2.24) is 20.1 Å². The molecule has 1 heterocycles. The van der Waals surface area contributed by atoms with Crippen LogP contribution in [-0.2, 0) is 6.54 Å². The van der Waals surface area contributed by atoms with E-state index in [1.54, 1.807) is 0 Å². The summed E-state index contributed by atoms with van der Waals surface area (Å²) < 4.78 is 3.27. The monoisotopic (exact) mass is 416 g/mol. The SMILES string of the molecule is Cc1ccc(C(=O)NCc2n[nH]c(=S)n2-c2ccc(Br)cc2)cc1C. The molecule has 1 aromatic heterocycles. The minimum absolute atomic E-state index is 0.139. The minimum atomic E-state index is -0.139. The van der Waals surface area contributed by atoms with Gasteiger partial charge >= 0.3 is 0 Å².